The van der Waals surface area contributed by atoms with Crippen molar-refractivity contribution in [2.24, 2.45) is 5.92 Å². The normalized spacial score (nSPS) is 20.1. The van der Waals surface area contributed by atoms with Gasteiger partial charge in [-0.25, -0.2) is 0 Å². The Morgan fingerprint density at radius 1 is 1.00 bits per heavy atom. The fourth-order valence-corrected chi connectivity index (χ4v) is 5.76. The van der Waals surface area contributed by atoms with Gasteiger partial charge in [0.05, 0.1) is 13.2 Å². The highest BCUT2D eigenvalue weighted by molar-refractivity contribution is 6.05. The highest BCUT2D eigenvalue weighted by atomic mass is 16.5. The van der Waals surface area contributed by atoms with Crippen molar-refractivity contribution >= 4 is 28.1 Å². The maximum absolute atomic E-state index is 12.9. The minimum atomic E-state index is -0.0799. The number of ether oxygens (including phenoxy) is 1. The summed E-state index contributed by atoms with van der Waals surface area (Å²) < 4.78 is 5.85. The molecular formula is C31H28N2O2. The molecule has 0 spiro atoms. The van der Waals surface area contributed by atoms with E-state index in [4.69, 9.17) is 4.74 Å². The number of allylic oxidation sites excluding steroid dienone is 2. The van der Waals surface area contributed by atoms with Gasteiger partial charge in [-0.2, -0.15) is 0 Å². The molecule has 3 atom stereocenters. The minimum absolute atomic E-state index is 0.0799. The van der Waals surface area contributed by atoms with Crippen LogP contribution in [0.3, 0.4) is 0 Å². The van der Waals surface area contributed by atoms with Crippen molar-refractivity contribution in [2.75, 3.05) is 17.7 Å². The highest BCUT2D eigenvalue weighted by Crippen LogP contribution is 2.52. The molecule has 4 heteroatoms. The third kappa shape index (κ3) is 3.66. The quantitative estimate of drug-likeness (QED) is 0.316. The topological polar surface area (TPSA) is 50.4 Å². The lowest BCUT2D eigenvalue weighted by Crippen LogP contribution is -2.29. The fraction of sp³-hybridized carbons (Fsp3) is 0.194. The maximum atomic E-state index is 12.9. The van der Waals surface area contributed by atoms with E-state index >= 15 is 0 Å². The van der Waals surface area contributed by atoms with Crippen LogP contribution in [0.1, 0.15) is 45.4 Å². The first kappa shape index (κ1) is 21.5. The predicted octanol–water partition coefficient (Wildman–Crippen LogP) is 7.24. The number of methoxy groups -OCH3 is 1. The molecule has 1 aliphatic heterocycles. The summed E-state index contributed by atoms with van der Waals surface area (Å²) in [6.45, 7) is 1.96. The SMILES string of the molecule is COc1ccc2ccccc2c1C1Nc2ccc(NC(=O)c3ccccc3C)cc2C2C=CCC21. The Balaban J connectivity index is 1.38. The van der Waals surface area contributed by atoms with Gasteiger partial charge >= 0.3 is 0 Å². The number of hydrogen-bond donors (Lipinski definition) is 2. The molecular weight excluding hydrogens is 432 g/mol. The second-order valence-electron chi connectivity index (χ2n) is 9.45. The van der Waals surface area contributed by atoms with Gasteiger partial charge in [0.1, 0.15) is 5.75 Å². The summed E-state index contributed by atoms with van der Waals surface area (Å²) in [5.41, 5.74) is 6.03. The standard InChI is InChI=1S/C31H28N2O2/c1-19-8-3-5-10-22(19)31(34)32-21-15-16-27-26(18-21)24-12-7-13-25(24)30(33-27)29-23-11-6-4-9-20(23)14-17-28(29)35-2/h3-12,14-18,24-25,30,33H,13H2,1-2H3,(H,32,34). The number of carbonyl (C=O) groups is 1. The second kappa shape index (κ2) is 8.62. The molecule has 2 N–H and O–H groups in total. The number of benzene rings is 4. The zero-order valence-electron chi connectivity index (χ0n) is 19.9. The monoisotopic (exact) mass is 460 g/mol. The van der Waals surface area contributed by atoms with Gasteiger partial charge in [0.2, 0.25) is 0 Å². The van der Waals surface area contributed by atoms with E-state index in [9.17, 15) is 4.79 Å². The molecule has 1 amide bonds. The zero-order chi connectivity index (χ0) is 23.9. The highest BCUT2D eigenvalue weighted by Gasteiger charge is 2.39. The molecule has 4 aromatic carbocycles. The van der Waals surface area contributed by atoms with E-state index < -0.39 is 0 Å². The summed E-state index contributed by atoms with van der Waals surface area (Å²) in [5, 5.41) is 9.38. The minimum Gasteiger partial charge on any atom is -0.496 e. The van der Waals surface area contributed by atoms with E-state index in [-0.39, 0.29) is 17.9 Å². The number of rotatable bonds is 4. The molecule has 2 aliphatic rings. The van der Waals surface area contributed by atoms with Gasteiger partial charge in [0.25, 0.3) is 5.91 Å². The molecule has 6 rings (SSSR count). The van der Waals surface area contributed by atoms with Gasteiger partial charge in [0, 0.05) is 28.4 Å². The summed E-state index contributed by atoms with van der Waals surface area (Å²) in [4.78, 5) is 12.9. The average molecular weight is 461 g/mol. The van der Waals surface area contributed by atoms with Crippen LogP contribution < -0.4 is 15.4 Å². The van der Waals surface area contributed by atoms with E-state index in [0.717, 1.165) is 29.1 Å². The summed E-state index contributed by atoms with van der Waals surface area (Å²) >= 11 is 0. The van der Waals surface area contributed by atoms with Gasteiger partial charge in [-0.3, -0.25) is 4.79 Å². The first-order chi connectivity index (χ1) is 17.1. The Kier molecular flexibility index (Phi) is 5.29. The Labute approximate surface area is 205 Å². The van der Waals surface area contributed by atoms with E-state index in [1.807, 2.05) is 37.3 Å². The first-order valence-corrected chi connectivity index (χ1v) is 12.1. The lowest BCUT2D eigenvalue weighted by atomic mass is 9.76. The number of hydrogen-bond acceptors (Lipinski definition) is 3. The van der Waals surface area contributed by atoms with E-state index in [1.165, 1.54) is 21.9 Å². The number of amides is 1. The van der Waals surface area contributed by atoms with Gasteiger partial charge in [-0.15, -0.1) is 0 Å². The van der Waals surface area contributed by atoms with Gasteiger partial charge < -0.3 is 15.4 Å². The largest absolute Gasteiger partial charge is 0.496 e. The summed E-state index contributed by atoms with van der Waals surface area (Å²) in [5.74, 6) is 1.47. The van der Waals surface area contributed by atoms with Crippen molar-refractivity contribution in [3.05, 3.63) is 113 Å². The van der Waals surface area contributed by atoms with Crippen LogP contribution in [0.5, 0.6) is 5.75 Å². The van der Waals surface area contributed by atoms with Gasteiger partial charge in [0.15, 0.2) is 0 Å². The molecule has 0 saturated carbocycles. The average Bonchev–Trinajstić information content (AvgIpc) is 3.38. The van der Waals surface area contributed by atoms with Crippen LogP contribution in [0.2, 0.25) is 0 Å². The number of anilines is 2. The first-order valence-electron chi connectivity index (χ1n) is 12.1. The number of carbonyl (C=O) groups excluding carboxylic acids is 1. The lowest BCUT2D eigenvalue weighted by Gasteiger charge is -2.38. The van der Waals surface area contributed by atoms with Crippen LogP contribution in [-0.4, -0.2) is 13.0 Å². The van der Waals surface area contributed by atoms with Crippen LogP contribution in [0, 0.1) is 12.8 Å². The van der Waals surface area contributed by atoms with Gasteiger partial charge in [-0.05, 0) is 71.5 Å². The smallest absolute Gasteiger partial charge is 0.255 e. The van der Waals surface area contributed by atoms with Crippen LogP contribution in [0.25, 0.3) is 10.8 Å². The lowest BCUT2D eigenvalue weighted by molar-refractivity contribution is 0.102. The predicted molar refractivity (Wildman–Crippen MR) is 142 cm³/mol. The molecule has 1 heterocycles. The zero-order valence-corrected chi connectivity index (χ0v) is 19.9. The third-order valence-electron chi connectivity index (χ3n) is 7.47. The Morgan fingerprint density at radius 2 is 1.83 bits per heavy atom. The molecule has 4 aromatic rings. The number of fused-ring (bicyclic) bond motifs is 4. The molecule has 0 bridgehead atoms. The Bertz CT molecular complexity index is 1470. The molecule has 1 aliphatic carbocycles. The van der Waals surface area contributed by atoms with Crippen LogP contribution in [-0.2, 0) is 0 Å². The van der Waals surface area contributed by atoms with Crippen molar-refractivity contribution in [3.8, 4) is 5.75 Å². The van der Waals surface area contributed by atoms with Crippen molar-refractivity contribution in [3.63, 3.8) is 0 Å². The van der Waals surface area contributed by atoms with E-state index in [0.29, 0.717) is 11.5 Å². The van der Waals surface area contributed by atoms with E-state index in [2.05, 4.69) is 71.3 Å². The number of nitrogens with one attached hydrogen (secondary N) is 2. The molecule has 0 saturated heterocycles. The van der Waals surface area contributed by atoms with E-state index in [1.54, 1.807) is 7.11 Å². The maximum Gasteiger partial charge on any atom is 0.255 e. The Hall–Kier alpha value is -4.05. The molecule has 0 aromatic heterocycles. The molecule has 4 nitrogen and oxygen atoms in total. The molecule has 0 radical (unpaired) electrons. The van der Waals surface area contributed by atoms with Crippen molar-refractivity contribution in [1.82, 2.24) is 0 Å². The summed E-state index contributed by atoms with van der Waals surface area (Å²) in [6.07, 6.45) is 5.60. The van der Waals surface area contributed by atoms with Crippen LogP contribution in [0.4, 0.5) is 11.4 Å². The van der Waals surface area contributed by atoms with Gasteiger partial charge in [-0.1, -0.05) is 60.7 Å². The molecule has 3 unspecified atom stereocenters. The molecule has 0 fully saturated rings. The van der Waals surface area contributed by atoms with Crippen molar-refractivity contribution in [2.45, 2.75) is 25.3 Å². The van der Waals surface area contributed by atoms with Crippen molar-refractivity contribution < 1.29 is 9.53 Å². The number of aryl methyl sites for hydroxylation is 1. The summed E-state index contributed by atoms with van der Waals surface area (Å²) in [6, 6.07) is 26.7. The molecule has 35 heavy (non-hydrogen) atoms. The van der Waals surface area contributed by atoms with Crippen LogP contribution >= 0.6 is 0 Å². The third-order valence-corrected chi connectivity index (χ3v) is 7.47. The van der Waals surface area contributed by atoms with Crippen LogP contribution in [0.15, 0.2) is 91.0 Å². The Morgan fingerprint density at radius 3 is 2.69 bits per heavy atom. The molecule has 174 valence electrons. The fourth-order valence-electron chi connectivity index (χ4n) is 5.76. The summed E-state index contributed by atoms with van der Waals surface area (Å²) in [7, 11) is 1.75. The van der Waals surface area contributed by atoms with Crippen molar-refractivity contribution in [1.29, 1.82) is 0 Å². The second-order valence-corrected chi connectivity index (χ2v) is 9.45.